The molecule has 0 aliphatic carbocycles. The van der Waals surface area contributed by atoms with E-state index in [1.165, 1.54) is 18.2 Å². The van der Waals surface area contributed by atoms with Crippen molar-refractivity contribution < 1.29 is 24.6 Å². The Balaban J connectivity index is 2.71. The van der Waals surface area contributed by atoms with Gasteiger partial charge in [-0.15, -0.1) is 0 Å². The third-order valence-corrected chi connectivity index (χ3v) is 3.12. The Kier molecular flexibility index (Phi) is 4.22. The molecule has 2 aromatic carbocycles. The number of nitrogens with zero attached hydrogens (tertiary/aromatic N) is 1. The monoisotopic (exact) mass is 299 g/mol. The van der Waals surface area contributed by atoms with Gasteiger partial charge in [-0.2, -0.15) is 0 Å². The molecule has 112 valence electrons. The third kappa shape index (κ3) is 2.80. The van der Waals surface area contributed by atoms with Gasteiger partial charge >= 0.3 is 17.8 Å². The second kappa shape index (κ2) is 6.09. The van der Waals surface area contributed by atoms with Crippen molar-refractivity contribution in [2.24, 2.45) is 0 Å². The molecule has 0 unspecified atom stereocenters. The van der Waals surface area contributed by atoms with Crippen molar-refractivity contribution in [2.75, 3.05) is 4.90 Å². The number of para-hydroxylation sites is 2. The number of amides is 1. The Labute approximate surface area is 126 Å². The van der Waals surface area contributed by atoms with Crippen LogP contribution in [0.4, 0.5) is 11.4 Å². The average molecular weight is 299 g/mol. The summed E-state index contributed by atoms with van der Waals surface area (Å²) in [6.45, 7) is 1.71. The van der Waals surface area contributed by atoms with Crippen LogP contribution in [0.5, 0.6) is 0 Å². The van der Waals surface area contributed by atoms with Gasteiger partial charge < -0.3 is 10.2 Å². The van der Waals surface area contributed by atoms with Crippen LogP contribution >= 0.6 is 0 Å². The molecule has 2 N–H and O–H groups in total. The number of carboxylic acids is 2. The number of aromatic carboxylic acids is 1. The van der Waals surface area contributed by atoms with E-state index in [4.69, 9.17) is 5.11 Å². The zero-order valence-electron chi connectivity index (χ0n) is 11.7. The highest BCUT2D eigenvalue weighted by atomic mass is 16.4. The lowest BCUT2D eigenvalue weighted by atomic mass is 10.1. The molecule has 6 nitrogen and oxygen atoms in total. The summed E-state index contributed by atoms with van der Waals surface area (Å²) in [6, 6.07) is 12.4. The minimum atomic E-state index is -1.66. The predicted octanol–water partition coefficient (Wildman–Crippen LogP) is 2.44. The van der Waals surface area contributed by atoms with Crippen molar-refractivity contribution in [3.8, 4) is 0 Å². The van der Waals surface area contributed by atoms with Gasteiger partial charge in [-0.1, -0.05) is 30.3 Å². The fraction of sp³-hybridized carbons (Fsp3) is 0.0625. The lowest BCUT2D eigenvalue weighted by Crippen LogP contribution is -2.34. The number of rotatable bonds is 3. The van der Waals surface area contributed by atoms with E-state index in [1.807, 2.05) is 0 Å². The first-order valence-corrected chi connectivity index (χ1v) is 6.39. The SMILES string of the molecule is Cc1ccccc1N(C(=O)C(=O)O)c1ccccc1C(=O)O. The number of aliphatic carboxylic acids is 1. The van der Waals surface area contributed by atoms with E-state index in [0.29, 0.717) is 11.3 Å². The summed E-state index contributed by atoms with van der Waals surface area (Å²) in [5.41, 5.74) is 0.831. The molecule has 0 spiro atoms. The number of benzene rings is 2. The lowest BCUT2D eigenvalue weighted by Gasteiger charge is -2.24. The van der Waals surface area contributed by atoms with Crippen molar-refractivity contribution >= 4 is 29.2 Å². The third-order valence-electron chi connectivity index (χ3n) is 3.12. The highest BCUT2D eigenvalue weighted by molar-refractivity contribution is 6.39. The number of carbonyl (C=O) groups is 3. The minimum absolute atomic E-state index is 0.0108. The molecule has 0 atom stereocenters. The van der Waals surface area contributed by atoms with Crippen molar-refractivity contribution in [3.05, 3.63) is 59.7 Å². The Bertz CT molecular complexity index is 754. The van der Waals surface area contributed by atoms with Crippen LogP contribution < -0.4 is 4.90 Å². The van der Waals surface area contributed by atoms with E-state index in [9.17, 15) is 19.5 Å². The smallest absolute Gasteiger partial charge is 0.395 e. The van der Waals surface area contributed by atoms with Gasteiger partial charge in [0.25, 0.3) is 0 Å². The van der Waals surface area contributed by atoms with E-state index in [2.05, 4.69) is 0 Å². The molecule has 0 heterocycles. The van der Waals surface area contributed by atoms with Crippen LogP contribution in [0.2, 0.25) is 0 Å². The molecule has 0 saturated carbocycles. The zero-order chi connectivity index (χ0) is 16.3. The Hall–Kier alpha value is -3.15. The molecule has 0 aliphatic rings. The molecular weight excluding hydrogens is 286 g/mol. The van der Waals surface area contributed by atoms with Crippen molar-refractivity contribution in [1.82, 2.24) is 0 Å². The van der Waals surface area contributed by atoms with Crippen LogP contribution in [0.25, 0.3) is 0 Å². The maximum atomic E-state index is 12.1. The van der Waals surface area contributed by atoms with Crippen molar-refractivity contribution in [1.29, 1.82) is 0 Å². The summed E-state index contributed by atoms with van der Waals surface area (Å²) in [7, 11) is 0. The molecular formula is C16H13NO5. The summed E-state index contributed by atoms with van der Waals surface area (Å²) in [4.78, 5) is 35.5. The second-order valence-corrected chi connectivity index (χ2v) is 4.55. The maximum absolute atomic E-state index is 12.1. The molecule has 6 heteroatoms. The van der Waals surface area contributed by atoms with Gasteiger partial charge in [0.2, 0.25) is 0 Å². The summed E-state index contributed by atoms with van der Waals surface area (Å²) in [6.07, 6.45) is 0. The molecule has 0 bridgehead atoms. The average Bonchev–Trinajstić information content (AvgIpc) is 2.49. The Morgan fingerprint density at radius 2 is 1.41 bits per heavy atom. The zero-order valence-corrected chi connectivity index (χ0v) is 11.7. The van der Waals surface area contributed by atoms with Gasteiger partial charge in [0.15, 0.2) is 0 Å². The van der Waals surface area contributed by atoms with Gasteiger partial charge in [0.1, 0.15) is 0 Å². The molecule has 1 amide bonds. The van der Waals surface area contributed by atoms with Gasteiger partial charge in [-0.25, -0.2) is 9.59 Å². The molecule has 0 saturated heterocycles. The van der Waals surface area contributed by atoms with Crippen LogP contribution in [0, 0.1) is 6.92 Å². The summed E-state index contributed by atoms with van der Waals surface area (Å²) < 4.78 is 0. The van der Waals surface area contributed by atoms with E-state index in [0.717, 1.165) is 4.90 Å². The number of carbonyl (C=O) groups excluding carboxylic acids is 1. The van der Waals surface area contributed by atoms with E-state index >= 15 is 0 Å². The molecule has 0 aliphatic heterocycles. The van der Waals surface area contributed by atoms with Gasteiger partial charge in [0.05, 0.1) is 16.9 Å². The molecule has 0 radical (unpaired) electrons. The van der Waals surface area contributed by atoms with E-state index < -0.39 is 17.8 Å². The molecule has 22 heavy (non-hydrogen) atoms. The fourth-order valence-electron chi connectivity index (χ4n) is 2.11. The van der Waals surface area contributed by atoms with Crippen LogP contribution in [-0.4, -0.2) is 28.1 Å². The number of carboxylic acid groups (broad SMARTS) is 2. The van der Waals surface area contributed by atoms with E-state index in [1.54, 1.807) is 37.3 Å². The van der Waals surface area contributed by atoms with Crippen LogP contribution in [0.1, 0.15) is 15.9 Å². The summed E-state index contributed by atoms with van der Waals surface area (Å²) >= 11 is 0. The largest absolute Gasteiger partial charge is 0.478 e. The summed E-state index contributed by atoms with van der Waals surface area (Å²) in [5.74, 6) is -4.13. The first-order valence-electron chi connectivity index (χ1n) is 6.39. The van der Waals surface area contributed by atoms with Crippen molar-refractivity contribution in [3.63, 3.8) is 0 Å². The maximum Gasteiger partial charge on any atom is 0.395 e. The van der Waals surface area contributed by atoms with Crippen LogP contribution in [0.3, 0.4) is 0 Å². The normalized spacial score (nSPS) is 10.0. The van der Waals surface area contributed by atoms with Crippen LogP contribution in [-0.2, 0) is 9.59 Å². The first kappa shape index (κ1) is 15.2. The fourth-order valence-corrected chi connectivity index (χ4v) is 2.11. The van der Waals surface area contributed by atoms with Gasteiger partial charge in [-0.05, 0) is 30.7 Å². The highest BCUT2D eigenvalue weighted by Crippen LogP contribution is 2.31. The van der Waals surface area contributed by atoms with Gasteiger partial charge in [0, 0.05) is 0 Å². The Morgan fingerprint density at radius 1 is 0.864 bits per heavy atom. The Morgan fingerprint density at radius 3 is 1.95 bits per heavy atom. The second-order valence-electron chi connectivity index (χ2n) is 4.55. The quantitative estimate of drug-likeness (QED) is 0.849. The number of aryl methyl sites for hydroxylation is 1. The van der Waals surface area contributed by atoms with Gasteiger partial charge in [-0.3, -0.25) is 9.69 Å². The first-order chi connectivity index (χ1) is 10.4. The van der Waals surface area contributed by atoms with Crippen LogP contribution in [0.15, 0.2) is 48.5 Å². The highest BCUT2D eigenvalue weighted by Gasteiger charge is 2.28. The van der Waals surface area contributed by atoms with Crippen molar-refractivity contribution in [2.45, 2.75) is 6.92 Å². The standard InChI is InChI=1S/C16H13NO5/c1-10-6-2-4-8-12(10)17(14(18)16(21)22)13-9-5-3-7-11(13)15(19)20/h2-9H,1H3,(H,19,20)(H,21,22). The molecule has 2 aromatic rings. The molecule has 0 fully saturated rings. The number of anilines is 2. The van der Waals surface area contributed by atoms with E-state index in [-0.39, 0.29) is 11.3 Å². The molecule has 2 rings (SSSR count). The minimum Gasteiger partial charge on any atom is -0.478 e. The topological polar surface area (TPSA) is 94.9 Å². The molecule has 0 aromatic heterocycles. The summed E-state index contributed by atoms with van der Waals surface area (Å²) in [5, 5.41) is 18.3. The predicted molar refractivity (Wildman–Crippen MR) is 79.4 cm³/mol. The number of hydrogen-bond acceptors (Lipinski definition) is 3. The lowest BCUT2D eigenvalue weighted by molar-refractivity contribution is -0.148. The number of hydrogen-bond donors (Lipinski definition) is 2.